The average Bonchev–Trinajstić information content (AvgIpc) is 2.15. The van der Waals surface area contributed by atoms with Crippen molar-refractivity contribution in [1.29, 1.82) is 0 Å². The van der Waals surface area contributed by atoms with Crippen LogP contribution in [0.2, 0.25) is 0 Å². The number of pyridine rings is 1. The van der Waals surface area contributed by atoms with E-state index in [4.69, 9.17) is 5.73 Å². The van der Waals surface area contributed by atoms with Crippen LogP contribution in [0.3, 0.4) is 0 Å². The summed E-state index contributed by atoms with van der Waals surface area (Å²) in [5.41, 5.74) is 6.85. The first-order valence-corrected chi connectivity index (χ1v) is 6.79. The molecule has 0 amide bonds. The maximum Gasteiger partial charge on any atom is 0.148 e. The van der Waals surface area contributed by atoms with Crippen LogP contribution in [0.1, 0.15) is 18.4 Å². The number of sulfone groups is 1. The summed E-state index contributed by atoms with van der Waals surface area (Å²) in [5, 5.41) is 0. The fraction of sp³-hybridized carbons (Fsp3) is 0.500. The van der Waals surface area contributed by atoms with Gasteiger partial charge < -0.3 is 5.73 Å². The molecule has 2 N–H and O–H groups in total. The number of hydrogen-bond donors (Lipinski definition) is 1. The van der Waals surface area contributed by atoms with E-state index >= 15 is 0 Å². The van der Waals surface area contributed by atoms with Crippen LogP contribution in [-0.4, -0.2) is 31.5 Å². The molecule has 1 aromatic heterocycles. The van der Waals surface area contributed by atoms with Crippen LogP contribution >= 0.6 is 0 Å². The van der Waals surface area contributed by atoms with Gasteiger partial charge in [-0.2, -0.15) is 0 Å². The Morgan fingerprint density at radius 3 is 2.40 bits per heavy atom. The average molecular weight is 228 g/mol. The van der Waals surface area contributed by atoms with Gasteiger partial charge in [0.15, 0.2) is 0 Å². The van der Waals surface area contributed by atoms with E-state index in [2.05, 4.69) is 4.98 Å². The highest BCUT2D eigenvalue weighted by molar-refractivity contribution is 7.90. The third-order valence-corrected chi connectivity index (χ3v) is 3.36. The van der Waals surface area contributed by atoms with E-state index in [1.165, 1.54) is 6.26 Å². The molecule has 1 heterocycles. The van der Waals surface area contributed by atoms with Crippen molar-refractivity contribution in [1.82, 2.24) is 4.98 Å². The minimum Gasteiger partial charge on any atom is -0.326 e. The highest BCUT2D eigenvalue weighted by Crippen LogP contribution is 2.17. The smallest absolute Gasteiger partial charge is 0.148 e. The maximum atomic E-state index is 11.1. The quantitative estimate of drug-likeness (QED) is 0.817. The molecule has 0 saturated carbocycles. The van der Waals surface area contributed by atoms with Gasteiger partial charge in [0, 0.05) is 24.7 Å². The Kier molecular flexibility index (Phi) is 3.82. The van der Waals surface area contributed by atoms with Crippen LogP contribution in [0.4, 0.5) is 0 Å². The highest BCUT2D eigenvalue weighted by atomic mass is 32.2. The fourth-order valence-electron chi connectivity index (χ4n) is 1.41. The zero-order valence-corrected chi connectivity index (χ0v) is 9.74. The zero-order valence-electron chi connectivity index (χ0n) is 8.92. The summed E-state index contributed by atoms with van der Waals surface area (Å²) < 4.78 is 22.2. The van der Waals surface area contributed by atoms with E-state index in [0.717, 1.165) is 5.56 Å². The summed E-state index contributed by atoms with van der Waals surface area (Å²) in [6, 6.07) is 3.34. The molecule has 2 unspecified atom stereocenters. The van der Waals surface area contributed by atoms with Crippen molar-refractivity contribution < 1.29 is 8.42 Å². The second-order valence-electron chi connectivity index (χ2n) is 3.83. The molecule has 0 saturated heterocycles. The summed E-state index contributed by atoms with van der Waals surface area (Å²) in [6.45, 7) is 1.92. The van der Waals surface area contributed by atoms with Gasteiger partial charge in [0.1, 0.15) is 9.84 Å². The van der Waals surface area contributed by atoms with Crippen molar-refractivity contribution >= 4 is 9.84 Å². The topological polar surface area (TPSA) is 73.0 Å². The lowest BCUT2D eigenvalue weighted by Crippen LogP contribution is -2.34. The number of nitrogens with two attached hydrogens (primary N) is 1. The lowest BCUT2D eigenvalue weighted by Gasteiger charge is -2.19. The number of aromatic nitrogens is 1. The second kappa shape index (κ2) is 4.72. The first-order valence-electron chi connectivity index (χ1n) is 4.73. The van der Waals surface area contributed by atoms with Gasteiger partial charge in [0.25, 0.3) is 0 Å². The minimum atomic E-state index is -3.02. The van der Waals surface area contributed by atoms with E-state index in [-0.39, 0.29) is 17.7 Å². The van der Waals surface area contributed by atoms with Crippen molar-refractivity contribution in [3.05, 3.63) is 30.1 Å². The van der Waals surface area contributed by atoms with Crippen LogP contribution in [0.25, 0.3) is 0 Å². The van der Waals surface area contributed by atoms with Crippen LogP contribution in [0, 0.1) is 0 Å². The summed E-state index contributed by atoms with van der Waals surface area (Å²) >= 11 is 0. The molecule has 0 spiro atoms. The molecule has 0 aromatic carbocycles. The Balaban J connectivity index is 2.73. The van der Waals surface area contributed by atoms with E-state index < -0.39 is 9.84 Å². The molecule has 2 atom stereocenters. The Bertz CT molecular complexity index is 403. The Hall–Kier alpha value is -0.940. The van der Waals surface area contributed by atoms with E-state index in [9.17, 15) is 8.42 Å². The third-order valence-electron chi connectivity index (χ3n) is 2.37. The van der Waals surface area contributed by atoms with Crippen LogP contribution in [-0.2, 0) is 9.84 Å². The first kappa shape index (κ1) is 12.1. The molecular formula is C10H16N2O2S. The molecule has 1 rings (SSSR count). The SMILES string of the molecule is CC(c1ccncc1)C(N)CS(C)(=O)=O. The summed E-state index contributed by atoms with van der Waals surface area (Å²) in [4.78, 5) is 3.90. The summed E-state index contributed by atoms with van der Waals surface area (Å²) in [7, 11) is -3.02. The standard InChI is InChI=1S/C10H16N2O2S/c1-8(9-3-5-12-6-4-9)10(11)7-15(2,13)14/h3-6,8,10H,7,11H2,1-2H3. The number of rotatable bonds is 4. The van der Waals surface area contributed by atoms with Crippen molar-refractivity contribution in [3.8, 4) is 0 Å². The van der Waals surface area contributed by atoms with Crippen molar-refractivity contribution in [3.63, 3.8) is 0 Å². The molecule has 0 aliphatic rings. The van der Waals surface area contributed by atoms with Crippen LogP contribution in [0.5, 0.6) is 0 Å². The molecule has 0 aliphatic carbocycles. The molecule has 84 valence electrons. The molecule has 0 aliphatic heterocycles. The van der Waals surface area contributed by atoms with Crippen LogP contribution in [0.15, 0.2) is 24.5 Å². The lowest BCUT2D eigenvalue weighted by molar-refractivity contribution is 0.570. The molecule has 0 bridgehead atoms. The lowest BCUT2D eigenvalue weighted by atomic mass is 9.96. The van der Waals surface area contributed by atoms with Gasteiger partial charge in [-0.25, -0.2) is 8.42 Å². The van der Waals surface area contributed by atoms with Gasteiger partial charge in [-0.15, -0.1) is 0 Å². The largest absolute Gasteiger partial charge is 0.326 e. The van der Waals surface area contributed by atoms with Gasteiger partial charge in [-0.3, -0.25) is 4.98 Å². The highest BCUT2D eigenvalue weighted by Gasteiger charge is 2.18. The normalized spacial score (nSPS) is 15.9. The van der Waals surface area contributed by atoms with Gasteiger partial charge in [0.2, 0.25) is 0 Å². The molecule has 15 heavy (non-hydrogen) atoms. The number of hydrogen-bond acceptors (Lipinski definition) is 4. The Morgan fingerprint density at radius 2 is 1.93 bits per heavy atom. The Labute approximate surface area is 90.4 Å². The van der Waals surface area contributed by atoms with E-state index in [1.54, 1.807) is 12.4 Å². The summed E-state index contributed by atoms with van der Waals surface area (Å²) in [5.74, 6) is 0.0268. The monoisotopic (exact) mass is 228 g/mol. The molecule has 1 aromatic rings. The molecule has 0 fully saturated rings. The molecule has 4 nitrogen and oxygen atoms in total. The van der Waals surface area contributed by atoms with E-state index in [1.807, 2.05) is 19.1 Å². The van der Waals surface area contributed by atoms with E-state index in [0.29, 0.717) is 0 Å². The second-order valence-corrected chi connectivity index (χ2v) is 6.01. The predicted molar refractivity (Wildman–Crippen MR) is 60.3 cm³/mol. The van der Waals surface area contributed by atoms with Crippen molar-refractivity contribution in [2.75, 3.05) is 12.0 Å². The number of nitrogens with zero attached hydrogens (tertiary/aromatic N) is 1. The molecular weight excluding hydrogens is 212 g/mol. The van der Waals surface area contributed by atoms with Crippen LogP contribution < -0.4 is 5.73 Å². The van der Waals surface area contributed by atoms with Crippen molar-refractivity contribution in [2.45, 2.75) is 18.9 Å². The summed E-state index contributed by atoms with van der Waals surface area (Å²) in [6.07, 6.45) is 4.56. The van der Waals surface area contributed by atoms with Gasteiger partial charge in [-0.1, -0.05) is 6.92 Å². The Morgan fingerprint density at radius 1 is 1.40 bits per heavy atom. The predicted octanol–water partition coefficient (Wildman–Crippen LogP) is 0.557. The van der Waals surface area contributed by atoms with Gasteiger partial charge in [-0.05, 0) is 23.6 Å². The maximum absolute atomic E-state index is 11.1. The minimum absolute atomic E-state index is 0.0104. The molecule has 0 radical (unpaired) electrons. The fourth-order valence-corrected chi connectivity index (χ4v) is 2.40. The van der Waals surface area contributed by atoms with Gasteiger partial charge in [0.05, 0.1) is 5.75 Å². The zero-order chi connectivity index (χ0) is 11.5. The van der Waals surface area contributed by atoms with Gasteiger partial charge >= 0.3 is 0 Å². The molecule has 5 heteroatoms. The first-order chi connectivity index (χ1) is 6.90. The third kappa shape index (κ3) is 3.97. The van der Waals surface area contributed by atoms with Crippen molar-refractivity contribution in [2.24, 2.45) is 5.73 Å².